The summed E-state index contributed by atoms with van der Waals surface area (Å²) in [6.07, 6.45) is -0.472. The van der Waals surface area contributed by atoms with Crippen LogP contribution in [0.3, 0.4) is 0 Å². The number of hydrogen-bond acceptors (Lipinski definition) is 6. The van der Waals surface area contributed by atoms with E-state index >= 15 is 4.39 Å². The van der Waals surface area contributed by atoms with E-state index in [2.05, 4.69) is 0 Å². The Morgan fingerprint density at radius 3 is 2.47 bits per heavy atom. The van der Waals surface area contributed by atoms with Crippen LogP contribution in [0.25, 0.3) is 0 Å². The highest BCUT2D eigenvalue weighted by molar-refractivity contribution is 5.69. The molecule has 0 saturated carbocycles. The summed E-state index contributed by atoms with van der Waals surface area (Å²) in [5.74, 6) is 0.120. The third-order valence-electron chi connectivity index (χ3n) is 6.35. The molecule has 0 radical (unpaired) electrons. The van der Waals surface area contributed by atoms with Gasteiger partial charge in [0, 0.05) is 57.0 Å². The average Bonchev–Trinajstić information content (AvgIpc) is 2.86. The second kappa shape index (κ2) is 10.6. The number of ether oxygens (including phenoxy) is 3. The van der Waals surface area contributed by atoms with Crippen LogP contribution in [0, 0.1) is 5.82 Å². The zero-order chi connectivity index (χ0) is 25.9. The topological polar surface area (TPSA) is 71.6 Å². The minimum Gasteiger partial charge on any atom is -0.491 e. The SMILES string of the molecule is CN(C(=O)OCc1ccccc1)C1COc2cc(N3CCN(C(=O)OC(C)(C)C)CC3)cc(F)c2C1. The van der Waals surface area contributed by atoms with Crippen LogP contribution in [0.1, 0.15) is 31.9 Å². The lowest BCUT2D eigenvalue weighted by Crippen LogP contribution is -2.50. The zero-order valence-electron chi connectivity index (χ0n) is 21.3. The number of likely N-dealkylation sites (N-methyl/N-ethyl adjacent to an activating group) is 1. The maximum Gasteiger partial charge on any atom is 0.410 e. The maximum atomic E-state index is 15.2. The van der Waals surface area contributed by atoms with E-state index in [1.807, 2.05) is 62.1 Å². The lowest BCUT2D eigenvalue weighted by molar-refractivity contribution is 0.0240. The Balaban J connectivity index is 1.34. The summed E-state index contributed by atoms with van der Waals surface area (Å²) in [4.78, 5) is 30.0. The van der Waals surface area contributed by atoms with Gasteiger partial charge in [-0.05, 0) is 32.4 Å². The molecule has 1 fully saturated rings. The van der Waals surface area contributed by atoms with Crippen LogP contribution in [0.15, 0.2) is 42.5 Å². The Morgan fingerprint density at radius 1 is 1.11 bits per heavy atom. The molecule has 8 nitrogen and oxygen atoms in total. The minimum atomic E-state index is -0.544. The predicted octanol–water partition coefficient (Wildman–Crippen LogP) is 4.45. The van der Waals surface area contributed by atoms with Crippen molar-refractivity contribution >= 4 is 17.9 Å². The summed E-state index contributed by atoms with van der Waals surface area (Å²) in [6, 6.07) is 12.5. The molecule has 0 bridgehead atoms. The van der Waals surface area contributed by atoms with Crippen molar-refractivity contribution in [1.82, 2.24) is 9.80 Å². The smallest absolute Gasteiger partial charge is 0.410 e. The molecule has 9 heteroatoms. The molecule has 4 rings (SSSR count). The van der Waals surface area contributed by atoms with Crippen LogP contribution in [-0.2, 0) is 22.5 Å². The first kappa shape index (κ1) is 25.6. The van der Waals surface area contributed by atoms with E-state index in [-0.39, 0.29) is 31.2 Å². The second-order valence-electron chi connectivity index (χ2n) is 10.2. The van der Waals surface area contributed by atoms with Gasteiger partial charge in [0.05, 0.1) is 6.04 Å². The van der Waals surface area contributed by atoms with Crippen LogP contribution in [-0.4, -0.2) is 73.5 Å². The lowest BCUT2D eigenvalue weighted by Gasteiger charge is -2.37. The second-order valence-corrected chi connectivity index (χ2v) is 10.2. The number of hydrogen-bond donors (Lipinski definition) is 0. The summed E-state index contributed by atoms with van der Waals surface area (Å²) < 4.78 is 31.9. The third-order valence-corrected chi connectivity index (χ3v) is 6.35. The highest BCUT2D eigenvalue weighted by Crippen LogP contribution is 2.34. The number of carbonyl (C=O) groups excluding carboxylic acids is 2. The molecule has 2 aromatic carbocycles. The molecule has 36 heavy (non-hydrogen) atoms. The molecule has 2 aliphatic rings. The quantitative estimate of drug-likeness (QED) is 0.619. The van der Waals surface area contributed by atoms with Gasteiger partial charge >= 0.3 is 12.2 Å². The van der Waals surface area contributed by atoms with E-state index in [4.69, 9.17) is 14.2 Å². The lowest BCUT2D eigenvalue weighted by atomic mass is 10.0. The Hall–Kier alpha value is -3.49. The van der Waals surface area contributed by atoms with Crippen LogP contribution >= 0.6 is 0 Å². The normalized spacial score (nSPS) is 17.6. The van der Waals surface area contributed by atoms with Crippen LogP contribution in [0.5, 0.6) is 5.75 Å². The van der Waals surface area contributed by atoms with Crippen molar-refractivity contribution in [2.24, 2.45) is 0 Å². The van der Waals surface area contributed by atoms with Gasteiger partial charge in [-0.2, -0.15) is 0 Å². The summed E-state index contributed by atoms with van der Waals surface area (Å²) >= 11 is 0. The van der Waals surface area contributed by atoms with Crippen molar-refractivity contribution in [3.05, 3.63) is 59.4 Å². The molecular weight excluding hydrogens is 465 g/mol. The number of nitrogens with zero attached hydrogens (tertiary/aromatic N) is 3. The molecular formula is C27H34FN3O5. The first-order chi connectivity index (χ1) is 17.1. The van der Waals surface area contributed by atoms with Crippen molar-refractivity contribution in [3.8, 4) is 5.75 Å². The molecule has 0 aromatic heterocycles. The van der Waals surface area contributed by atoms with Crippen molar-refractivity contribution in [1.29, 1.82) is 0 Å². The van der Waals surface area contributed by atoms with E-state index in [1.165, 1.54) is 11.0 Å². The molecule has 0 aliphatic carbocycles. The Kier molecular flexibility index (Phi) is 7.56. The Labute approximate surface area is 211 Å². The molecule has 2 aromatic rings. The number of piperazine rings is 1. The summed E-state index contributed by atoms with van der Waals surface area (Å²) in [5, 5.41) is 0. The largest absolute Gasteiger partial charge is 0.491 e. The van der Waals surface area contributed by atoms with Crippen LogP contribution in [0.2, 0.25) is 0 Å². The summed E-state index contributed by atoms with van der Waals surface area (Å²) in [5.41, 5.74) is 1.52. The van der Waals surface area contributed by atoms with Gasteiger partial charge in [0.25, 0.3) is 0 Å². The maximum absolute atomic E-state index is 15.2. The number of rotatable bonds is 4. The third kappa shape index (κ3) is 6.19. The molecule has 0 spiro atoms. The molecule has 0 N–H and O–H groups in total. The van der Waals surface area contributed by atoms with Crippen molar-refractivity contribution in [3.63, 3.8) is 0 Å². The number of amides is 2. The van der Waals surface area contributed by atoms with E-state index < -0.39 is 11.7 Å². The average molecular weight is 500 g/mol. The minimum absolute atomic E-state index is 0.174. The molecule has 1 atom stereocenters. The number of benzene rings is 2. The Morgan fingerprint density at radius 2 is 1.81 bits per heavy atom. The first-order valence-corrected chi connectivity index (χ1v) is 12.2. The van der Waals surface area contributed by atoms with Gasteiger partial charge in [0.1, 0.15) is 30.4 Å². The van der Waals surface area contributed by atoms with E-state index in [1.54, 1.807) is 11.9 Å². The van der Waals surface area contributed by atoms with Gasteiger partial charge in [-0.15, -0.1) is 0 Å². The number of halogens is 1. The van der Waals surface area contributed by atoms with Gasteiger partial charge in [0.15, 0.2) is 0 Å². The van der Waals surface area contributed by atoms with Crippen LogP contribution < -0.4 is 9.64 Å². The number of fused-ring (bicyclic) bond motifs is 1. The monoisotopic (exact) mass is 499 g/mol. The molecule has 2 amide bonds. The molecule has 2 heterocycles. The van der Waals surface area contributed by atoms with Gasteiger partial charge in [-0.1, -0.05) is 30.3 Å². The van der Waals surface area contributed by atoms with E-state index in [0.29, 0.717) is 49.6 Å². The van der Waals surface area contributed by atoms with Crippen LogP contribution in [0.4, 0.5) is 19.7 Å². The number of carbonyl (C=O) groups is 2. The van der Waals surface area contributed by atoms with Crippen molar-refractivity contribution < 1.29 is 28.2 Å². The molecule has 1 saturated heterocycles. The fraction of sp³-hybridized carbons (Fsp3) is 0.481. The predicted molar refractivity (Wildman–Crippen MR) is 134 cm³/mol. The van der Waals surface area contributed by atoms with Gasteiger partial charge < -0.3 is 28.9 Å². The summed E-state index contributed by atoms with van der Waals surface area (Å²) in [6.45, 7) is 8.06. The molecule has 2 aliphatic heterocycles. The van der Waals surface area contributed by atoms with Gasteiger partial charge in [0.2, 0.25) is 0 Å². The summed E-state index contributed by atoms with van der Waals surface area (Å²) in [7, 11) is 1.64. The highest BCUT2D eigenvalue weighted by Gasteiger charge is 2.31. The highest BCUT2D eigenvalue weighted by atomic mass is 19.1. The first-order valence-electron chi connectivity index (χ1n) is 12.2. The molecule has 194 valence electrons. The Bertz CT molecular complexity index is 1080. The zero-order valence-corrected chi connectivity index (χ0v) is 21.3. The van der Waals surface area contributed by atoms with Gasteiger partial charge in [-0.3, -0.25) is 0 Å². The molecule has 1 unspecified atom stereocenters. The fourth-order valence-corrected chi connectivity index (χ4v) is 4.28. The van der Waals surface area contributed by atoms with E-state index in [0.717, 1.165) is 5.56 Å². The standard InChI is InChI=1S/C27H34FN3O5/c1-27(2,3)36-26(33)31-12-10-30(11-13-31)20-15-23(28)22-14-21(18-34-24(22)16-20)29(4)25(32)35-17-19-8-6-5-7-9-19/h5-9,15-16,21H,10-14,17-18H2,1-4H3. The van der Waals surface area contributed by atoms with Crippen molar-refractivity contribution in [2.45, 2.75) is 45.4 Å². The van der Waals surface area contributed by atoms with Crippen molar-refractivity contribution in [2.75, 3.05) is 44.7 Å². The fourth-order valence-electron chi connectivity index (χ4n) is 4.28. The van der Waals surface area contributed by atoms with Gasteiger partial charge in [-0.25, -0.2) is 14.0 Å². The van der Waals surface area contributed by atoms with E-state index in [9.17, 15) is 9.59 Å². The number of anilines is 1.